The van der Waals surface area contributed by atoms with Gasteiger partial charge in [-0.2, -0.15) is 0 Å². The molecule has 0 spiro atoms. The molecule has 2 heterocycles. The molecule has 1 atom stereocenters. The summed E-state index contributed by atoms with van der Waals surface area (Å²) >= 11 is 1.25. The number of nitrogens with zero attached hydrogens (tertiary/aromatic N) is 2. The molecule has 6 nitrogen and oxygen atoms in total. The lowest BCUT2D eigenvalue weighted by molar-refractivity contribution is -0.139. The summed E-state index contributed by atoms with van der Waals surface area (Å²) in [6, 6.07) is 21.0. The van der Waals surface area contributed by atoms with Crippen LogP contribution in [0.1, 0.15) is 61.9 Å². The number of para-hydroxylation sites is 1. The maximum absolute atomic E-state index is 14.2. The molecular weight excluding hydrogens is 539 g/mol. The minimum absolute atomic E-state index is 0.0489. The van der Waals surface area contributed by atoms with Crippen molar-refractivity contribution in [3.63, 3.8) is 0 Å². The van der Waals surface area contributed by atoms with Crippen molar-refractivity contribution in [2.45, 2.75) is 46.3 Å². The first-order chi connectivity index (χ1) is 19.8. The molecule has 3 aromatic carbocycles. The molecule has 0 amide bonds. The Labute approximate surface area is 241 Å². The van der Waals surface area contributed by atoms with Crippen LogP contribution in [0.2, 0.25) is 0 Å². The van der Waals surface area contributed by atoms with E-state index in [-0.39, 0.29) is 24.6 Å². The highest BCUT2D eigenvalue weighted by Gasteiger charge is 2.33. The molecule has 1 aromatic heterocycles. The van der Waals surface area contributed by atoms with Crippen LogP contribution in [-0.2, 0) is 16.1 Å². The van der Waals surface area contributed by atoms with Gasteiger partial charge in [0, 0.05) is 11.1 Å². The van der Waals surface area contributed by atoms with Crippen LogP contribution < -0.4 is 19.6 Å². The first-order valence-electron chi connectivity index (χ1n) is 13.5. The molecule has 41 heavy (non-hydrogen) atoms. The molecule has 1 aliphatic rings. The van der Waals surface area contributed by atoms with Crippen LogP contribution in [0.3, 0.4) is 0 Å². The minimum Gasteiger partial charge on any atom is -0.488 e. The van der Waals surface area contributed by atoms with Crippen LogP contribution >= 0.6 is 11.3 Å². The summed E-state index contributed by atoms with van der Waals surface area (Å²) in [5.41, 5.74) is 3.66. The van der Waals surface area contributed by atoms with Crippen molar-refractivity contribution in [3.8, 4) is 5.75 Å². The number of hydrogen-bond acceptors (Lipinski definition) is 6. The Balaban J connectivity index is 1.60. The van der Waals surface area contributed by atoms with Gasteiger partial charge in [-0.05, 0) is 49.1 Å². The fourth-order valence-corrected chi connectivity index (χ4v) is 5.85. The average Bonchev–Trinajstić information content (AvgIpc) is 3.26. The molecule has 0 bridgehead atoms. The van der Waals surface area contributed by atoms with E-state index in [4.69, 9.17) is 9.47 Å². The van der Waals surface area contributed by atoms with E-state index >= 15 is 0 Å². The minimum atomic E-state index is -0.679. The predicted octanol–water partition coefficient (Wildman–Crippen LogP) is 5.64. The number of halogens is 1. The molecule has 1 unspecified atom stereocenters. The second kappa shape index (κ2) is 12.1. The van der Waals surface area contributed by atoms with Crippen molar-refractivity contribution in [2.24, 2.45) is 4.99 Å². The lowest BCUT2D eigenvalue weighted by Gasteiger charge is -2.25. The van der Waals surface area contributed by atoms with E-state index in [1.54, 1.807) is 48.8 Å². The number of aromatic nitrogens is 1. The van der Waals surface area contributed by atoms with E-state index < -0.39 is 12.0 Å². The highest BCUT2D eigenvalue weighted by Crippen LogP contribution is 2.31. The maximum Gasteiger partial charge on any atom is 0.338 e. The maximum atomic E-state index is 14.2. The Morgan fingerprint density at radius 2 is 1.78 bits per heavy atom. The number of carbonyl (C=O) groups is 1. The van der Waals surface area contributed by atoms with Gasteiger partial charge in [-0.25, -0.2) is 14.2 Å². The zero-order valence-electron chi connectivity index (χ0n) is 23.4. The van der Waals surface area contributed by atoms with E-state index in [9.17, 15) is 14.0 Å². The number of carbonyl (C=O) groups excluding carboxylic acids is 1. The Morgan fingerprint density at radius 3 is 2.49 bits per heavy atom. The molecule has 0 N–H and O–H groups in total. The van der Waals surface area contributed by atoms with Crippen LogP contribution in [0.15, 0.2) is 93.9 Å². The van der Waals surface area contributed by atoms with Crippen LogP contribution in [0.25, 0.3) is 6.08 Å². The number of allylic oxidation sites excluding steroid dienone is 1. The predicted molar refractivity (Wildman–Crippen MR) is 158 cm³/mol. The monoisotopic (exact) mass is 570 g/mol. The van der Waals surface area contributed by atoms with Crippen molar-refractivity contribution >= 4 is 23.4 Å². The summed E-state index contributed by atoms with van der Waals surface area (Å²) in [5.74, 6) is 0.0275. The van der Waals surface area contributed by atoms with Crippen molar-refractivity contribution in [3.05, 3.63) is 132 Å². The number of fused-ring (bicyclic) bond motifs is 1. The Hall–Kier alpha value is -4.30. The highest BCUT2D eigenvalue weighted by molar-refractivity contribution is 7.07. The largest absolute Gasteiger partial charge is 0.488 e. The fourth-order valence-electron chi connectivity index (χ4n) is 4.81. The lowest BCUT2D eigenvalue weighted by Crippen LogP contribution is -2.39. The van der Waals surface area contributed by atoms with Gasteiger partial charge >= 0.3 is 5.97 Å². The van der Waals surface area contributed by atoms with E-state index in [1.165, 1.54) is 17.4 Å². The molecule has 0 fully saturated rings. The normalized spacial score (nSPS) is 15.1. The first kappa shape index (κ1) is 28.2. The third-order valence-electron chi connectivity index (χ3n) is 6.98. The van der Waals surface area contributed by atoms with Crippen molar-refractivity contribution in [1.29, 1.82) is 0 Å². The molecule has 210 valence electrons. The quantitative estimate of drug-likeness (QED) is 0.257. The van der Waals surface area contributed by atoms with Crippen LogP contribution in [0.5, 0.6) is 5.75 Å². The van der Waals surface area contributed by atoms with Gasteiger partial charge in [0.25, 0.3) is 5.56 Å². The zero-order chi connectivity index (χ0) is 29.1. The molecule has 0 saturated heterocycles. The third-order valence-corrected chi connectivity index (χ3v) is 7.97. The van der Waals surface area contributed by atoms with E-state index in [2.05, 4.69) is 18.8 Å². The lowest BCUT2D eigenvalue weighted by atomic mass is 9.93. The van der Waals surface area contributed by atoms with Crippen LogP contribution in [-0.4, -0.2) is 17.1 Å². The van der Waals surface area contributed by atoms with Crippen LogP contribution in [0.4, 0.5) is 4.39 Å². The fraction of sp³-hybridized carbons (Fsp3) is 0.242. The van der Waals surface area contributed by atoms with Crippen molar-refractivity contribution in [1.82, 2.24) is 4.57 Å². The molecule has 4 aromatic rings. The van der Waals surface area contributed by atoms with Crippen molar-refractivity contribution in [2.75, 3.05) is 6.61 Å². The number of rotatable bonds is 8. The molecular formula is C33H31FN2O4S. The average molecular weight is 571 g/mol. The molecule has 0 saturated carbocycles. The smallest absolute Gasteiger partial charge is 0.338 e. The van der Waals surface area contributed by atoms with E-state index in [0.29, 0.717) is 43.4 Å². The standard InChI is InChI=1S/C33H31FN2O4S/c1-5-39-32(38)29-21(4)35-33-36(30(29)23-16-14-22(15-17-23)20(2)3)31(37)28(41-33)18-24-10-7-9-13-27(24)40-19-25-11-6-8-12-26(25)34/h6-18,20,30H,5,19H2,1-4H3/b28-18+. The van der Waals surface area contributed by atoms with E-state index in [0.717, 1.165) is 11.1 Å². The Bertz CT molecular complexity index is 1800. The van der Waals surface area contributed by atoms with Crippen molar-refractivity contribution < 1.29 is 18.7 Å². The molecule has 1 aliphatic heterocycles. The summed E-state index contributed by atoms with van der Waals surface area (Å²) in [6.45, 7) is 8.01. The Kier molecular flexibility index (Phi) is 8.31. The number of thiazole rings is 1. The highest BCUT2D eigenvalue weighted by atomic mass is 32.1. The third kappa shape index (κ3) is 5.79. The van der Waals surface area contributed by atoms with E-state index in [1.807, 2.05) is 42.5 Å². The molecule has 8 heteroatoms. The van der Waals surface area contributed by atoms with Gasteiger partial charge in [0.15, 0.2) is 4.80 Å². The Morgan fingerprint density at radius 1 is 1.07 bits per heavy atom. The van der Waals surface area contributed by atoms with Gasteiger partial charge in [0.2, 0.25) is 0 Å². The zero-order valence-corrected chi connectivity index (χ0v) is 24.2. The number of ether oxygens (including phenoxy) is 2. The molecule has 0 aliphatic carbocycles. The summed E-state index contributed by atoms with van der Waals surface area (Å²) in [7, 11) is 0. The summed E-state index contributed by atoms with van der Waals surface area (Å²) in [5, 5.41) is 0. The van der Waals surface area contributed by atoms with Crippen LogP contribution in [0, 0.1) is 5.82 Å². The topological polar surface area (TPSA) is 69.9 Å². The first-order valence-corrected chi connectivity index (χ1v) is 14.3. The van der Waals surface area contributed by atoms with Gasteiger partial charge in [0.05, 0.1) is 28.5 Å². The van der Waals surface area contributed by atoms with Gasteiger partial charge in [-0.1, -0.05) is 85.8 Å². The van der Waals surface area contributed by atoms with Gasteiger partial charge in [-0.15, -0.1) is 0 Å². The number of hydrogen-bond donors (Lipinski definition) is 0. The molecule has 5 rings (SSSR count). The SMILES string of the molecule is CCOC(=O)C1=C(C)N=c2s/c(=C/c3ccccc3OCc3ccccc3F)c(=O)n2C1c1ccc(C(C)C)cc1. The summed E-state index contributed by atoms with van der Waals surface area (Å²) < 4.78 is 27.5. The second-order valence-electron chi connectivity index (χ2n) is 10.0. The molecule has 0 radical (unpaired) electrons. The van der Waals surface area contributed by atoms with Gasteiger partial charge in [-0.3, -0.25) is 9.36 Å². The summed E-state index contributed by atoms with van der Waals surface area (Å²) in [4.78, 5) is 32.2. The van der Waals surface area contributed by atoms with Gasteiger partial charge < -0.3 is 9.47 Å². The van der Waals surface area contributed by atoms with Gasteiger partial charge in [0.1, 0.15) is 18.2 Å². The number of esters is 1. The second-order valence-corrected chi connectivity index (χ2v) is 11.1. The number of benzene rings is 3. The summed E-state index contributed by atoms with van der Waals surface area (Å²) in [6.07, 6.45) is 1.75.